The first kappa shape index (κ1) is 14.9. The first-order chi connectivity index (χ1) is 7.08. The number of hydrogen-bond donors (Lipinski definition) is 2. The van der Waals surface area contributed by atoms with Gasteiger partial charge in [0, 0.05) is 12.5 Å². The number of carbonyl (C=O) groups is 2. The number of nitrogens with one attached hydrogen (secondary N) is 2. The van der Waals surface area contributed by atoms with Gasteiger partial charge in [-0.15, -0.1) is 0 Å². The molecule has 0 saturated carbocycles. The highest BCUT2D eigenvalue weighted by molar-refractivity contribution is 5.87. The van der Waals surface area contributed by atoms with Gasteiger partial charge in [-0.25, -0.2) is 0 Å². The predicted octanol–water partition coefficient (Wildman–Crippen LogP) is 1.31. The molecule has 4 nitrogen and oxygen atoms in total. The van der Waals surface area contributed by atoms with Crippen LogP contribution in [0.1, 0.15) is 41.0 Å². The third-order valence-corrected chi connectivity index (χ3v) is 2.28. The van der Waals surface area contributed by atoms with Gasteiger partial charge >= 0.3 is 0 Å². The molecule has 0 aliphatic heterocycles. The first-order valence-electron chi connectivity index (χ1n) is 5.57. The smallest absolute Gasteiger partial charge is 0.239 e. The molecular formula is C12H24N2O2. The second kappa shape index (κ2) is 5.32. The average Bonchev–Trinajstić information content (AvgIpc) is 2.09. The lowest BCUT2D eigenvalue weighted by molar-refractivity contribution is -0.133. The van der Waals surface area contributed by atoms with Crippen LogP contribution in [0.25, 0.3) is 0 Å². The minimum absolute atomic E-state index is 0.0445. The van der Waals surface area contributed by atoms with E-state index in [1.807, 2.05) is 13.8 Å². The van der Waals surface area contributed by atoms with E-state index in [0.717, 1.165) is 6.42 Å². The summed E-state index contributed by atoms with van der Waals surface area (Å²) in [6.07, 6.45) is 0.777. The lowest BCUT2D eigenvalue weighted by Gasteiger charge is -2.31. The maximum absolute atomic E-state index is 11.9. The normalized spacial score (nSPS) is 12.1. The Kier molecular flexibility index (Phi) is 4.97. The molecule has 2 N–H and O–H groups in total. The largest absolute Gasteiger partial charge is 0.358 e. The molecule has 0 aromatic rings. The highest BCUT2D eigenvalue weighted by Crippen LogP contribution is 2.33. The van der Waals surface area contributed by atoms with Crippen LogP contribution in [-0.4, -0.2) is 25.4 Å². The van der Waals surface area contributed by atoms with Crippen molar-refractivity contribution in [3.63, 3.8) is 0 Å². The molecule has 0 rings (SSSR count). The van der Waals surface area contributed by atoms with E-state index in [1.54, 1.807) is 7.05 Å². The Morgan fingerprint density at radius 2 is 1.56 bits per heavy atom. The third-order valence-electron chi connectivity index (χ3n) is 2.28. The van der Waals surface area contributed by atoms with Gasteiger partial charge in [-0.2, -0.15) is 0 Å². The summed E-state index contributed by atoms with van der Waals surface area (Å²) in [6, 6.07) is 0. The van der Waals surface area contributed by atoms with Gasteiger partial charge in [0.25, 0.3) is 0 Å². The monoisotopic (exact) mass is 228 g/mol. The zero-order valence-corrected chi connectivity index (χ0v) is 11.2. The molecule has 0 aliphatic carbocycles. The van der Waals surface area contributed by atoms with Crippen LogP contribution in [0.2, 0.25) is 0 Å². The fourth-order valence-electron chi connectivity index (χ4n) is 1.89. The van der Waals surface area contributed by atoms with Crippen molar-refractivity contribution in [2.75, 3.05) is 13.6 Å². The van der Waals surface area contributed by atoms with E-state index in [1.165, 1.54) is 0 Å². The van der Waals surface area contributed by atoms with Crippen LogP contribution in [0.3, 0.4) is 0 Å². The fraction of sp³-hybridized carbons (Fsp3) is 0.833. The number of rotatable bonds is 4. The molecule has 94 valence electrons. The van der Waals surface area contributed by atoms with Crippen LogP contribution in [0, 0.1) is 10.8 Å². The second-order valence-electron chi connectivity index (χ2n) is 5.98. The Morgan fingerprint density at radius 1 is 1.06 bits per heavy atom. The van der Waals surface area contributed by atoms with Gasteiger partial charge < -0.3 is 10.6 Å². The summed E-state index contributed by atoms with van der Waals surface area (Å²) < 4.78 is 0. The Hall–Kier alpha value is -1.06. The average molecular weight is 228 g/mol. The van der Waals surface area contributed by atoms with E-state index in [4.69, 9.17) is 0 Å². The van der Waals surface area contributed by atoms with Gasteiger partial charge in [0.05, 0.1) is 6.54 Å². The Labute approximate surface area is 98.2 Å². The molecule has 0 bridgehead atoms. The van der Waals surface area contributed by atoms with Crippen LogP contribution < -0.4 is 10.6 Å². The van der Waals surface area contributed by atoms with E-state index < -0.39 is 5.41 Å². The lowest BCUT2D eigenvalue weighted by atomic mass is 9.76. The molecule has 0 radical (unpaired) electrons. The van der Waals surface area contributed by atoms with Crippen molar-refractivity contribution >= 4 is 11.8 Å². The second-order valence-corrected chi connectivity index (χ2v) is 5.98. The van der Waals surface area contributed by atoms with Crippen molar-refractivity contribution in [1.82, 2.24) is 10.6 Å². The molecule has 0 atom stereocenters. The molecule has 0 fully saturated rings. The lowest BCUT2D eigenvalue weighted by Crippen LogP contribution is -2.43. The van der Waals surface area contributed by atoms with Crippen molar-refractivity contribution in [3.05, 3.63) is 0 Å². The van der Waals surface area contributed by atoms with Crippen molar-refractivity contribution in [1.29, 1.82) is 0 Å². The van der Waals surface area contributed by atoms with E-state index >= 15 is 0 Å². The van der Waals surface area contributed by atoms with Crippen molar-refractivity contribution in [3.8, 4) is 0 Å². The quantitative estimate of drug-likeness (QED) is 0.762. The molecule has 0 aromatic heterocycles. The molecule has 0 heterocycles. The molecule has 16 heavy (non-hydrogen) atoms. The first-order valence-corrected chi connectivity index (χ1v) is 5.57. The highest BCUT2D eigenvalue weighted by Gasteiger charge is 2.32. The Bertz CT molecular complexity index is 265. The zero-order chi connectivity index (χ0) is 13.0. The van der Waals surface area contributed by atoms with Crippen LogP contribution in [0.5, 0.6) is 0 Å². The standard InChI is InChI=1S/C12H24N2O2/c1-11(2,3)8-12(4,5)10(16)14-7-9(15)13-6/h7-8H2,1-6H3,(H,13,15)(H,14,16). The molecule has 0 aromatic carbocycles. The highest BCUT2D eigenvalue weighted by atomic mass is 16.2. The van der Waals surface area contributed by atoms with Gasteiger partial charge in [0.1, 0.15) is 0 Å². The predicted molar refractivity (Wildman–Crippen MR) is 64.9 cm³/mol. The summed E-state index contributed by atoms with van der Waals surface area (Å²) in [5.41, 5.74) is -0.361. The molecule has 0 spiro atoms. The van der Waals surface area contributed by atoms with Gasteiger partial charge in [0.2, 0.25) is 11.8 Å². The molecule has 0 aliphatic rings. The van der Waals surface area contributed by atoms with Gasteiger partial charge in [-0.3, -0.25) is 9.59 Å². The summed E-state index contributed by atoms with van der Waals surface area (Å²) in [5.74, 6) is -0.258. The van der Waals surface area contributed by atoms with Gasteiger partial charge in [-0.1, -0.05) is 34.6 Å². The third kappa shape index (κ3) is 5.73. The molecule has 2 amide bonds. The molecule has 0 unspecified atom stereocenters. The number of amides is 2. The summed E-state index contributed by atoms with van der Waals surface area (Å²) in [5, 5.41) is 5.11. The van der Waals surface area contributed by atoms with E-state index in [0.29, 0.717) is 0 Å². The summed E-state index contributed by atoms with van der Waals surface area (Å²) in [6.45, 7) is 10.1. The van der Waals surface area contributed by atoms with E-state index in [2.05, 4.69) is 31.4 Å². The fourth-order valence-corrected chi connectivity index (χ4v) is 1.89. The summed E-state index contributed by atoms with van der Waals surface area (Å²) >= 11 is 0. The molecular weight excluding hydrogens is 204 g/mol. The van der Waals surface area contributed by atoms with Crippen LogP contribution in [0.15, 0.2) is 0 Å². The Morgan fingerprint density at radius 3 is 1.94 bits per heavy atom. The maximum Gasteiger partial charge on any atom is 0.239 e. The van der Waals surface area contributed by atoms with Crippen LogP contribution >= 0.6 is 0 Å². The van der Waals surface area contributed by atoms with E-state index in [9.17, 15) is 9.59 Å². The van der Waals surface area contributed by atoms with Crippen molar-refractivity contribution in [2.24, 2.45) is 10.8 Å². The molecule has 0 saturated heterocycles. The summed E-state index contributed by atoms with van der Waals surface area (Å²) in [4.78, 5) is 22.9. The van der Waals surface area contributed by atoms with Crippen molar-refractivity contribution in [2.45, 2.75) is 41.0 Å². The van der Waals surface area contributed by atoms with Crippen LogP contribution in [-0.2, 0) is 9.59 Å². The maximum atomic E-state index is 11.9. The molecule has 4 heteroatoms. The van der Waals surface area contributed by atoms with E-state index in [-0.39, 0.29) is 23.8 Å². The minimum atomic E-state index is -0.452. The SMILES string of the molecule is CNC(=O)CNC(=O)C(C)(C)CC(C)(C)C. The zero-order valence-electron chi connectivity index (χ0n) is 11.2. The van der Waals surface area contributed by atoms with Gasteiger partial charge in [0.15, 0.2) is 0 Å². The summed E-state index contributed by atoms with van der Waals surface area (Å²) in [7, 11) is 1.55. The van der Waals surface area contributed by atoms with Gasteiger partial charge in [-0.05, 0) is 11.8 Å². The number of likely N-dealkylation sites (N-methyl/N-ethyl adjacent to an activating group) is 1. The topological polar surface area (TPSA) is 58.2 Å². The van der Waals surface area contributed by atoms with Crippen LogP contribution in [0.4, 0.5) is 0 Å². The number of carbonyl (C=O) groups excluding carboxylic acids is 2. The Balaban J connectivity index is 4.30. The minimum Gasteiger partial charge on any atom is -0.358 e. The van der Waals surface area contributed by atoms with Crippen molar-refractivity contribution < 1.29 is 9.59 Å². The number of hydrogen-bond acceptors (Lipinski definition) is 2.